The molecule has 112 valence electrons. The van der Waals surface area contributed by atoms with Crippen LogP contribution in [0.2, 0.25) is 10.0 Å². The first-order valence-corrected chi connectivity index (χ1v) is 7.92. The van der Waals surface area contributed by atoms with Crippen LogP contribution in [0.5, 0.6) is 5.75 Å². The fraction of sp³-hybridized carbons (Fsp3) is 0.625. The molecule has 20 heavy (non-hydrogen) atoms. The van der Waals surface area contributed by atoms with Crippen molar-refractivity contribution in [1.29, 1.82) is 0 Å². The minimum absolute atomic E-state index is 0.251. The van der Waals surface area contributed by atoms with E-state index in [-0.39, 0.29) is 11.5 Å². The summed E-state index contributed by atoms with van der Waals surface area (Å²) < 4.78 is 5.69. The first-order valence-electron chi connectivity index (χ1n) is 7.16. The van der Waals surface area contributed by atoms with Gasteiger partial charge in [0.15, 0.2) is 0 Å². The van der Waals surface area contributed by atoms with Crippen molar-refractivity contribution < 1.29 is 4.74 Å². The Morgan fingerprint density at radius 1 is 1.35 bits per heavy atom. The zero-order chi connectivity index (χ0) is 14.9. The van der Waals surface area contributed by atoms with Crippen LogP contribution in [0.15, 0.2) is 12.1 Å². The van der Waals surface area contributed by atoms with E-state index in [1.165, 1.54) is 0 Å². The van der Waals surface area contributed by atoms with E-state index in [2.05, 4.69) is 33.0 Å². The number of hydrogen-bond acceptors (Lipinski definition) is 2. The predicted octanol–water partition coefficient (Wildman–Crippen LogP) is 5.09. The fourth-order valence-electron chi connectivity index (χ4n) is 2.23. The van der Waals surface area contributed by atoms with Crippen LogP contribution in [0.4, 0.5) is 0 Å². The molecule has 0 saturated heterocycles. The van der Waals surface area contributed by atoms with Gasteiger partial charge in [-0.15, -0.1) is 0 Å². The van der Waals surface area contributed by atoms with E-state index in [9.17, 15) is 0 Å². The lowest BCUT2D eigenvalue weighted by atomic mass is 9.81. The molecule has 1 aromatic rings. The summed E-state index contributed by atoms with van der Waals surface area (Å²) in [6.45, 7) is 10.7. The Labute approximate surface area is 131 Å². The fourth-order valence-corrected chi connectivity index (χ4v) is 2.79. The molecule has 1 aromatic carbocycles. The van der Waals surface area contributed by atoms with Gasteiger partial charge in [0.2, 0.25) is 0 Å². The monoisotopic (exact) mass is 315 g/mol. The third kappa shape index (κ3) is 3.41. The molecule has 0 radical (unpaired) electrons. The second-order valence-corrected chi connectivity index (χ2v) is 7.36. The average molecular weight is 316 g/mol. The van der Waals surface area contributed by atoms with Gasteiger partial charge in [0.25, 0.3) is 0 Å². The van der Waals surface area contributed by atoms with E-state index < -0.39 is 0 Å². The molecular formula is C16H23Cl2NO. The number of ether oxygens (including phenoxy) is 1. The van der Waals surface area contributed by atoms with Crippen LogP contribution in [-0.2, 0) is 0 Å². The summed E-state index contributed by atoms with van der Waals surface area (Å²) in [6.07, 6.45) is 0.942. The number of halogens is 2. The number of fused-ring (bicyclic) bond motifs is 1. The van der Waals surface area contributed by atoms with Crippen molar-refractivity contribution in [1.82, 2.24) is 5.32 Å². The van der Waals surface area contributed by atoms with Crippen LogP contribution in [0, 0.1) is 11.3 Å². The highest BCUT2D eigenvalue weighted by Crippen LogP contribution is 2.40. The molecule has 1 aliphatic rings. The van der Waals surface area contributed by atoms with Gasteiger partial charge >= 0.3 is 0 Å². The van der Waals surface area contributed by atoms with Crippen LogP contribution in [0.1, 0.15) is 45.7 Å². The maximum atomic E-state index is 6.22. The number of hydrogen-bond donors (Lipinski definition) is 1. The van der Waals surface area contributed by atoms with E-state index in [0.717, 1.165) is 24.3 Å². The van der Waals surface area contributed by atoms with E-state index in [4.69, 9.17) is 27.9 Å². The van der Waals surface area contributed by atoms with Gasteiger partial charge in [-0.3, -0.25) is 0 Å². The van der Waals surface area contributed by atoms with Gasteiger partial charge in [-0.1, -0.05) is 50.9 Å². The molecule has 1 atom stereocenters. The van der Waals surface area contributed by atoms with Crippen LogP contribution >= 0.6 is 23.2 Å². The largest absolute Gasteiger partial charge is 0.492 e. The number of benzene rings is 1. The molecule has 1 aliphatic heterocycles. The summed E-state index contributed by atoms with van der Waals surface area (Å²) in [4.78, 5) is 0. The molecule has 0 bridgehead atoms. The van der Waals surface area contributed by atoms with Gasteiger partial charge in [-0.2, -0.15) is 0 Å². The minimum atomic E-state index is 0.251. The first kappa shape index (κ1) is 15.9. The summed E-state index contributed by atoms with van der Waals surface area (Å²) in [7, 11) is 0. The topological polar surface area (TPSA) is 21.3 Å². The summed E-state index contributed by atoms with van der Waals surface area (Å²) in [5, 5.41) is 4.92. The Morgan fingerprint density at radius 3 is 2.70 bits per heavy atom. The second kappa shape index (κ2) is 6.13. The Balaban J connectivity index is 2.17. The number of rotatable bonds is 4. The SMILES string of the molecule is CC(C)C(C)(C)CNC1CCOc2c(Cl)cc(Cl)cc21. The van der Waals surface area contributed by atoms with Crippen molar-refractivity contribution in [3.63, 3.8) is 0 Å². The summed E-state index contributed by atoms with van der Waals surface area (Å²) in [5.41, 5.74) is 1.33. The molecule has 0 spiro atoms. The highest BCUT2D eigenvalue weighted by molar-refractivity contribution is 6.35. The van der Waals surface area contributed by atoms with Gasteiger partial charge < -0.3 is 10.1 Å². The normalized spacial score (nSPS) is 18.9. The molecule has 4 heteroatoms. The maximum absolute atomic E-state index is 6.22. The van der Waals surface area contributed by atoms with Crippen LogP contribution in [0.25, 0.3) is 0 Å². The number of nitrogens with one attached hydrogen (secondary N) is 1. The van der Waals surface area contributed by atoms with Crippen molar-refractivity contribution >= 4 is 23.2 Å². The summed E-state index contributed by atoms with van der Waals surface area (Å²) in [5.74, 6) is 1.40. The Bertz CT molecular complexity index is 486. The van der Waals surface area contributed by atoms with Crippen molar-refractivity contribution in [2.45, 2.75) is 40.2 Å². The Hall–Kier alpha value is -0.440. The highest BCUT2D eigenvalue weighted by Gasteiger charge is 2.28. The van der Waals surface area contributed by atoms with Crippen molar-refractivity contribution in [3.8, 4) is 5.75 Å². The molecule has 0 aromatic heterocycles. The van der Waals surface area contributed by atoms with E-state index in [1.54, 1.807) is 6.07 Å². The van der Waals surface area contributed by atoms with Gasteiger partial charge in [-0.05, 0) is 23.5 Å². The van der Waals surface area contributed by atoms with Gasteiger partial charge in [0.1, 0.15) is 5.75 Å². The molecule has 2 rings (SSSR count). The van der Waals surface area contributed by atoms with Gasteiger partial charge in [0.05, 0.1) is 11.6 Å². The lowest BCUT2D eigenvalue weighted by Gasteiger charge is -2.34. The quantitative estimate of drug-likeness (QED) is 0.835. The molecule has 1 unspecified atom stereocenters. The van der Waals surface area contributed by atoms with Crippen molar-refractivity contribution in [2.24, 2.45) is 11.3 Å². The van der Waals surface area contributed by atoms with E-state index in [1.807, 2.05) is 6.07 Å². The second-order valence-electron chi connectivity index (χ2n) is 6.52. The maximum Gasteiger partial charge on any atom is 0.142 e. The molecule has 2 nitrogen and oxygen atoms in total. The zero-order valence-electron chi connectivity index (χ0n) is 12.6. The molecule has 0 amide bonds. The van der Waals surface area contributed by atoms with Crippen molar-refractivity contribution in [3.05, 3.63) is 27.7 Å². The third-order valence-electron chi connectivity index (χ3n) is 4.43. The summed E-state index contributed by atoms with van der Waals surface area (Å²) in [6, 6.07) is 3.96. The Kier molecular flexibility index (Phi) is 4.88. The Morgan fingerprint density at radius 2 is 2.05 bits per heavy atom. The zero-order valence-corrected chi connectivity index (χ0v) is 14.1. The minimum Gasteiger partial charge on any atom is -0.492 e. The van der Waals surface area contributed by atoms with Crippen molar-refractivity contribution in [2.75, 3.05) is 13.2 Å². The third-order valence-corrected chi connectivity index (χ3v) is 4.93. The predicted molar refractivity (Wildman–Crippen MR) is 85.9 cm³/mol. The molecule has 0 saturated carbocycles. The lowest BCUT2D eigenvalue weighted by Crippen LogP contribution is -2.37. The lowest BCUT2D eigenvalue weighted by molar-refractivity contribution is 0.203. The summed E-state index contributed by atoms with van der Waals surface area (Å²) >= 11 is 12.3. The van der Waals surface area contributed by atoms with Gasteiger partial charge in [0, 0.05) is 29.6 Å². The molecule has 0 aliphatic carbocycles. The first-order chi connectivity index (χ1) is 9.31. The molecule has 1 N–H and O–H groups in total. The van der Waals surface area contributed by atoms with Crippen LogP contribution in [0.3, 0.4) is 0 Å². The smallest absolute Gasteiger partial charge is 0.142 e. The van der Waals surface area contributed by atoms with Gasteiger partial charge in [-0.25, -0.2) is 0 Å². The molecule has 0 fully saturated rings. The standard InChI is InChI=1S/C16H23Cl2NO/c1-10(2)16(3,4)9-19-14-5-6-20-15-12(14)7-11(17)8-13(15)18/h7-8,10,14,19H,5-6,9H2,1-4H3. The molecule has 1 heterocycles. The average Bonchev–Trinajstić information content (AvgIpc) is 2.36. The van der Waals surface area contributed by atoms with E-state index in [0.29, 0.717) is 22.6 Å². The van der Waals surface area contributed by atoms with Crippen LogP contribution < -0.4 is 10.1 Å². The van der Waals surface area contributed by atoms with Crippen LogP contribution in [-0.4, -0.2) is 13.2 Å². The van der Waals surface area contributed by atoms with E-state index >= 15 is 0 Å². The highest BCUT2D eigenvalue weighted by atomic mass is 35.5. The molecular weight excluding hydrogens is 293 g/mol.